The van der Waals surface area contributed by atoms with Crippen LogP contribution in [0.25, 0.3) is 0 Å². The minimum atomic E-state index is -0.702. The summed E-state index contributed by atoms with van der Waals surface area (Å²) >= 11 is 0. The number of hydrogen-bond acceptors (Lipinski definition) is 2. The number of hydrogen-bond donors (Lipinski definition) is 1. The molecule has 1 saturated heterocycles. The predicted octanol–water partition coefficient (Wildman–Crippen LogP) is 0.0717. The van der Waals surface area contributed by atoms with Crippen LogP contribution in [0.15, 0.2) is 12.2 Å². The highest BCUT2D eigenvalue weighted by molar-refractivity contribution is 5.85. The quantitative estimate of drug-likeness (QED) is 0.612. The molecule has 3 nitrogen and oxygen atoms in total. The Morgan fingerprint density at radius 1 is 1.75 bits per heavy atom. The van der Waals surface area contributed by atoms with Gasteiger partial charge >= 0.3 is 0 Å². The summed E-state index contributed by atoms with van der Waals surface area (Å²) < 4.78 is 12.6. The van der Waals surface area contributed by atoms with Crippen molar-refractivity contribution >= 4 is 5.91 Å². The van der Waals surface area contributed by atoms with Crippen molar-refractivity contribution in [2.75, 3.05) is 19.6 Å². The second kappa shape index (κ2) is 4.21. The van der Waals surface area contributed by atoms with Crippen molar-refractivity contribution in [3.8, 4) is 0 Å². The zero-order valence-corrected chi connectivity index (χ0v) is 6.87. The van der Waals surface area contributed by atoms with Gasteiger partial charge in [-0.2, -0.15) is 0 Å². The van der Waals surface area contributed by atoms with Gasteiger partial charge in [-0.25, -0.2) is 4.39 Å². The monoisotopic (exact) mass is 172 g/mol. The van der Waals surface area contributed by atoms with Gasteiger partial charge in [-0.3, -0.25) is 9.69 Å². The third-order valence-corrected chi connectivity index (χ3v) is 1.86. The molecule has 0 bridgehead atoms. The fraction of sp³-hybridized carbons (Fsp3) is 0.625. The maximum atomic E-state index is 12.6. The lowest BCUT2D eigenvalue weighted by atomic mass is 10.3. The van der Waals surface area contributed by atoms with Gasteiger partial charge in [0.15, 0.2) is 0 Å². The van der Waals surface area contributed by atoms with Crippen LogP contribution in [0.2, 0.25) is 0 Å². The number of nitrogens with two attached hydrogens (primary N) is 1. The van der Waals surface area contributed by atoms with Crippen LogP contribution in [-0.2, 0) is 4.79 Å². The fourth-order valence-corrected chi connectivity index (χ4v) is 1.27. The number of primary amides is 1. The summed E-state index contributed by atoms with van der Waals surface area (Å²) in [6, 6.07) is 0. The van der Waals surface area contributed by atoms with E-state index in [-0.39, 0.29) is 0 Å². The number of rotatable bonds is 3. The first-order valence-electron chi connectivity index (χ1n) is 4.01. The van der Waals surface area contributed by atoms with Crippen LogP contribution in [0.4, 0.5) is 4.39 Å². The molecule has 0 radical (unpaired) electrons. The van der Waals surface area contributed by atoms with Crippen molar-refractivity contribution in [3.05, 3.63) is 12.2 Å². The van der Waals surface area contributed by atoms with Crippen LogP contribution in [0.3, 0.4) is 0 Å². The smallest absolute Gasteiger partial charge is 0.241 e. The molecule has 1 heterocycles. The molecule has 0 aromatic carbocycles. The standard InChI is InChI=1S/C8H13FN2O/c9-7-3-5-11(6-7)4-1-2-8(10)12/h1-2,7H,3-6H2,(H2,10,12). The summed E-state index contributed by atoms with van der Waals surface area (Å²) in [4.78, 5) is 12.2. The Morgan fingerprint density at radius 3 is 3.00 bits per heavy atom. The number of alkyl halides is 1. The number of amides is 1. The van der Waals surface area contributed by atoms with Crippen molar-refractivity contribution in [3.63, 3.8) is 0 Å². The molecule has 0 saturated carbocycles. The highest BCUT2D eigenvalue weighted by atomic mass is 19.1. The zero-order chi connectivity index (χ0) is 8.97. The van der Waals surface area contributed by atoms with Crippen LogP contribution < -0.4 is 5.73 Å². The van der Waals surface area contributed by atoms with E-state index < -0.39 is 12.1 Å². The summed E-state index contributed by atoms with van der Waals surface area (Å²) in [5, 5.41) is 0. The molecule has 0 aliphatic carbocycles. The molecule has 2 N–H and O–H groups in total. The lowest BCUT2D eigenvalue weighted by Crippen LogP contribution is -2.21. The molecule has 0 aromatic rings. The van der Waals surface area contributed by atoms with Crippen molar-refractivity contribution in [2.45, 2.75) is 12.6 Å². The number of nitrogens with zero attached hydrogens (tertiary/aromatic N) is 1. The molecule has 0 spiro atoms. The maximum Gasteiger partial charge on any atom is 0.241 e. The third-order valence-electron chi connectivity index (χ3n) is 1.86. The van der Waals surface area contributed by atoms with E-state index >= 15 is 0 Å². The van der Waals surface area contributed by atoms with Gasteiger partial charge in [0.2, 0.25) is 5.91 Å². The van der Waals surface area contributed by atoms with Gasteiger partial charge < -0.3 is 5.73 Å². The lowest BCUT2D eigenvalue weighted by Gasteiger charge is -2.10. The van der Waals surface area contributed by atoms with E-state index in [2.05, 4.69) is 0 Å². The largest absolute Gasteiger partial charge is 0.366 e. The first-order valence-corrected chi connectivity index (χ1v) is 4.01. The van der Waals surface area contributed by atoms with Gasteiger partial charge in [0.1, 0.15) is 6.17 Å². The van der Waals surface area contributed by atoms with Gasteiger partial charge in [-0.05, 0) is 12.5 Å². The van der Waals surface area contributed by atoms with E-state index in [1.165, 1.54) is 6.08 Å². The first-order chi connectivity index (χ1) is 5.68. The summed E-state index contributed by atoms with van der Waals surface area (Å²) in [6.07, 6.45) is 2.88. The molecule has 12 heavy (non-hydrogen) atoms. The molecule has 1 aliphatic heterocycles. The van der Waals surface area contributed by atoms with Gasteiger partial charge in [-0.1, -0.05) is 6.08 Å². The van der Waals surface area contributed by atoms with Crippen molar-refractivity contribution in [2.24, 2.45) is 5.73 Å². The molecule has 4 heteroatoms. The Hall–Kier alpha value is -0.900. The number of likely N-dealkylation sites (tertiary alicyclic amines) is 1. The molecule has 68 valence electrons. The van der Waals surface area contributed by atoms with Crippen LogP contribution in [0, 0.1) is 0 Å². The lowest BCUT2D eigenvalue weighted by molar-refractivity contribution is -0.113. The Kier molecular flexibility index (Phi) is 3.22. The van der Waals surface area contributed by atoms with Gasteiger partial charge in [-0.15, -0.1) is 0 Å². The summed E-state index contributed by atoms with van der Waals surface area (Å²) in [5.74, 6) is -0.453. The minimum Gasteiger partial charge on any atom is -0.366 e. The SMILES string of the molecule is NC(=O)C=CCN1CCC(F)C1. The Bertz CT molecular complexity index is 193. The Balaban J connectivity index is 2.20. The number of carbonyl (C=O) groups is 1. The molecule has 1 aliphatic rings. The molecular weight excluding hydrogens is 159 g/mol. The Morgan fingerprint density at radius 2 is 2.50 bits per heavy atom. The minimum absolute atomic E-state index is 0.453. The second-order valence-electron chi connectivity index (χ2n) is 2.95. The normalized spacial score (nSPS) is 25.2. The van der Waals surface area contributed by atoms with Crippen LogP contribution >= 0.6 is 0 Å². The predicted molar refractivity (Wildman–Crippen MR) is 44.3 cm³/mol. The zero-order valence-electron chi connectivity index (χ0n) is 6.87. The van der Waals surface area contributed by atoms with E-state index in [0.29, 0.717) is 19.5 Å². The average molecular weight is 172 g/mol. The first kappa shape index (κ1) is 9.19. The van der Waals surface area contributed by atoms with E-state index in [9.17, 15) is 9.18 Å². The summed E-state index contributed by atoms with van der Waals surface area (Å²) in [6.45, 7) is 1.86. The van der Waals surface area contributed by atoms with Crippen molar-refractivity contribution < 1.29 is 9.18 Å². The van der Waals surface area contributed by atoms with Gasteiger partial charge in [0.05, 0.1) is 0 Å². The molecular formula is C8H13FN2O. The van der Waals surface area contributed by atoms with Crippen molar-refractivity contribution in [1.29, 1.82) is 0 Å². The van der Waals surface area contributed by atoms with Crippen LogP contribution in [0.5, 0.6) is 0 Å². The van der Waals surface area contributed by atoms with E-state index in [1.807, 2.05) is 4.90 Å². The van der Waals surface area contributed by atoms with Gasteiger partial charge in [0, 0.05) is 19.6 Å². The fourth-order valence-electron chi connectivity index (χ4n) is 1.27. The Labute approximate surface area is 71.0 Å². The van der Waals surface area contributed by atoms with E-state index in [4.69, 9.17) is 5.73 Å². The topological polar surface area (TPSA) is 46.3 Å². The summed E-state index contributed by atoms with van der Waals surface area (Å²) in [7, 11) is 0. The second-order valence-corrected chi connectivity index (χ2v) is 2.95. The molecule has 1 rings (SSSR count). The molecule has 1 fully saturated rings. The van der Waals surface area contributed by atoms with Crippen molar-refractivity contribution in [1.82, 2.24) is 4.90 Å². The van der Waals surface area contributed by atoms with Crippen LogP contribution in [-0.4, -0.2) is 36.6 Å². The highest BCUT2D eigenvalue weighted by Crippen LogP contribution is 2.11. The molecule has 1 amide bonds. The third kappa shape index (κ3) is 3.00. The molecule has 1 unspecified atom stereocenters. The van der Waals surface area contributed by atoms with Gasteiger partial charge in [0.25, 0.3) is 0 Å². The van der Waals surface area contributed by atoms with Crippen LogP contribution in [0.1, 0.15) is 6.42 Å². The number of carbonyl (C=O) groups excluding carboxylic acids is 1. The highest BCUT2D eigenvalue weighted by Gasteiger charge is 2.19. The number of halogens is 1. The van der Waals surface area contributed by atoms with E-state index in [1.54, 1.807) is 6.08 Å². The molecule has 1 atom stereocenters. The summed E-state index contributed by atoms with van der Waals surface area (Å²) in [5.41, 5.74) is 4.89. The molecule has 0 aromatic heterocycles. The maximum absolute atomic E-state index is 12.6. The average Bonchev–Trinajstić information content (AvgIpc) is 2.35. The van der Waals surface area contributed by atoms with E-state index in [0.717, 1.165) is 6.54 Å².